The maximum absolute atomic E-state index is 11.0. The molecule has 1 amide bonds. The van der Waals surface area contributed by atoms with Crippen LogP contribution in [0.5, 0.6) is 0 Å². The van der Waals surface area contributed by atoms with E-state index in [1.165, 1.54) is 5.57 Å². The highest BCUT2D eigenvalue weighted by atomic mass is 35.5. The summed E-state index contributed by atoms with van der Waals surface area (Å²) in [7, 11) is 0. The van der Waals surface area contributed by atoms with Crippen molar-refractivity contribution in [1.82, 2.24) is 10.3 Å². The van der Waals surface area contributed by atoms with Crippen LogP contribution in [0.1, 0.15) is 30.5 Å². The summed E-state index contributed by atoms with van der Waals surface area (Å²) >= 11 is 6.09. The number of rotatable bonds is 2. The Balaban J connectivity index is 1.94. The number of amides is 1. The Morgan fingerprint density at radius 2 is 2.22 bits per heavy atom. The molecule has 1 heterocycles. The van der Waals surface area contributed by atoms with E-state index in [9.17, 15) is 4.79 Å². The smallest absolute Gasteiger partial charge is 0.207 e. The van der Waals surface area contributed by atoms with Gasteiger partial charge in [-0.2, -0.15) is 0 Å². The van der Waals surface area contributed by atoms with Gasteiger partial charge in [0.1, 0.15) is 0 Å². The SMILES string of the molecule is CC1=C[C@H]2Cc3nc4cc(Cl)ccc4c(N)c3[C@@H](C1)[C@@H]2NC=O. The second-order valence-corrected chi connectivity index (χ2v) is 6.99. The number of benzene rings is 1. The first-order chi connectivity index (χ1) is 11.1. The van der Waals surface area contributed by atoms with Gasteiger partial charge in [0.15, 0.2) is 0 Å². The van der Waals surface area contributed by atoms with E-state index in [-0.39, 0.29) is 17.9 Å². The van der Waals surface area contributed by atoms with E-state index in [1.807, 2.05) is 18.2 Å². The van der Waals surface area contributed by atoms with Crippen molar-refractivity contribution in [3.8, 4) is 0 Å². The number of halogens is 1. The summed E-state index contributed by atoms with van der Waals surface area (Å²) in [6.45, 7) is 2.15. The van der Waals surface area contributed by atoms with Gasteiger partial charge in [0.2, 0.25) is 6.41 Å². The Labute approximate surface area is 139 Å². The van der Waals surface area contributed by atoms with Crippen molar-refractivity contribution < 1.29 is 4.79 Å². The minimum absolute atomic E-state index is 0.0950. The van der Waals surface area contributed by atoms with Crippen molar-refractivity contribution in [1.29, 1.82) is 0 Å². The maximum atomic E-state index is 11.0. The van der Waals surface area contributed by atoms with Gasteiger partial charge >= 0.3 is 0 Å². The van der Waals surface area contributed by atoms with Crippen molar-refractivity contribution in [2.75, 3.05) is 5.73 Å². The molecule has 2 bridgehead atoms. The molecule has 4 nitrogen and oxygen atoms in total. The first kappa shape index (κ1) is 14.5. The molecule has 2 aliphatic carbocycles. The zero-order chi connectivity index (χ0) is 16.1. The fourth-order valence-corrected chi connectivity index (χ4v) is 4.39. The van der Waals surface area contributed by atoms with Crippen LogP contribution in [0.4, 0.5) is 5.69 Å². The average Bonchev–Trinajstić information content (AvgIpc) is 2.48. The number of nitrogens with two attached hydrogens (primary N) is 1. The topological polar surface area (TPSA) is 68.0 Å². The van der Waals surface area contributed by atoms with E-state index >= 15 is 0 Å². The summed E-state index contributed by atoms with van der Waals surface area (Å²) in [6, 6.07) is 5.73. The molecule has 4 rings (SSSR count). The lowest BCUT2D eigenvalue weighted by Gasteiger charge is -2.42. The molecule has 5 heteroatoms. The standard InChI is InChI=1S/C18H18ClN3O/c1-9-4-10-6-15-16(13(5-9)18(10)21-8-23)17(20)12-3-2-11(19)7-14(12)22-15/h2-4,7-8,10,13,18H,5-6H2,1H3,(H2,20,22)(H,21,23)/t10-,13+,18+/m0/s1. The third-order valence-corrected chi connectivity index (χ3v) is 5.34. The highest BCUT2D eigenvalue weighted by Crippen LogP contribution is 2.46. The number of nitrogens with zero attached hydrogens (tertiary/aromatic N) is 1. The van der Waals surface area contributed by atoms with E-state index in [0.29, 0.717) is 5.02 Å². The van der Waals surface area contributed by atoms with E-state index in [4.69, 9.17) is 22.3 Å². The number of pyridine rings is 1. The van der Waals surface area contributed by atoms with Crippen LogP contribution in [-0.2, 0) is 11.2 Å². The molecule has 0 saturated heterocycles. The summed E-state index contributed by atoms with van der Waals surface area (Å²) in [6.07, 6.45) is 4.76. The molecule has 3 N–H and O–H groups in total. The molecule has 0 unspecified atom stereocenters. The second kappa shape index (κ2) is 5.24. The number of hydrogen-bond donors (Lipinski definition) is 2. The van der Waals surface area contributed by atoms with Gasteiger partial charge in [0.25, 0.3) is 0 Å². The highest BCUT2D eigenvalue weighted by molar-refractivity contribution is 6.31. The molecule has 0 fully saturated rings. The lowest BCUT2D eigenvalue weighted by atomic mass is 9.67. The third kappa shape index (κ3) is 2.20. The Morgan fingerprint density at radius 3 is 3.00 bits per heavy atom. The van der Waals surface area contributed by atoms with Gasteiger partial charge in [-0.25, -0.2) is 0 Å². The monoisotopic (exact) mass is 327 g/mol. The van der Waals surface area contributed by atoms with Crippen molar-refractivity contribution in [3.63, 3.8) is 0 Å². The highest BCUT2D eigenvalue weighted by Gasteiger charge is 2.40. The molecule has 3 atom stereocenters. The van der Waals surface area contributed by atoms with Crippen LogP contribution in [0, 0.1) is 5.92 Å². The molecule has 2 aromatic rings. The Kier molecular flexibility index (Phi) is 3.31. The molecule has 23 heavy (non-hydrogen) atoms. The van der Waals surface area contributed by atoms with E-state index in [0.717, 1.165) is 47.1 Å². The predicted molar refractivity (Wildman–Crippen MR) is 92.5 cm³/mol. The largest absolute Gasteiger partial charge is 0.398 e. The molecule has 0 spiro atoms. The van der Waals surface area contributed by atoms with Gasteiger partial charge < -0.3 is 11.1 Å². The van der Waals surface area contributed by atoms with Crippen molar-refractivity contribution in [3.05, 3.63) is 46.1 Å². The summed E-state index contributed by atoms with van der Waals surface area (Å²) in [5, 5.41) is 4.60. The quantitative estimate of drug-likeness (QED) is 0.657. The Hall–Kier alpha value is -2.07. The lowest BCUT2D eigenvalue weighted by Crippen LogP contribution is -2.46. The van der Waals surface area contributed by atoms with Gasteiger partial charge in [-0.05, 0) is 38.0 Å². The van der Waals surface area contributed by atoms with E-state index < -0.39 is 0 Å². The lowest BCUT2D eigenvalue weighted by molar-refractivity contribution is -0.110. The zero-order valence-corrected chi connectivity index (χ0v) is 13.6. The summed E-state index contributed by atoms with van der Waals surface area (Å²) in [5.41, 5.74) is 11.6. The van der Waals surface area contributed by atoms with Crippen LogP contribution < -0.4 is 11.1 Å². The van der Waals surface area contributed by atoms with Gasteiger partial charge in [0, 0.05) is 45.2 Å². The first-order valence-electron chi connectivity index (χ1n) is 7.83. The molecule has 2 aliphatic rings. The summed E-state index contributed by atoms with van der Waals surface area (Å²) in [5.74, 6) is 0.460. The molecule has 1 aromatic carbocycles. The van der Waals surface area contributed by atoms with Gasteiger partial charge in [-0.3, -0.25) is 9.78 Å². The molecule has 118 valence electrons. The first-order valence-corrected chi connectivity index (χ1v) is 8.20. The number of fused-ring (bicyclic) bond motifs is 5. The van der Waals surface area contributed by atoms with E-state index in [1.54, 1.807) is 0 Å². The maximum Gasteiger partial charge on any atom is 0.207 e. The minimum Gasteiger partial charge on any atom is -0.398 e. The number of allylic oxidation sites excluding steroid dienone is 1. The van der Waals surface area contributed by atoms with Crippen molar-refractivity contribution in [2.45, 2.75) is 31.7 Å². The second-order valence-electron chi connectivity index (χ2n) is 6.55. The van der Waals surface area contributed by atoms with Crippen LogP contribution in [0.25, 0.3) is 10.9 Å². The molecule has 0 aliphatic heterocycles. The van der Waals surface area contributed by atoms with Gasteiger partial charge in [-0.15, -0.1) is 0 Å². The molecule has 1 aromatic heterocycles. The summed E-state index contributed by atoms with van der Waals surface area (Å²) < 4.78 is 0. The Morgan fingerprint density at radius 1 is 1.39 bits per heavy atom. The van der Waals surface area contributed by atoms with E-state index in [2.05, 4.69) is 18.3 Å². The number of nitrogen functional groups attached to an aromatic ring is 1. The fraction of sp³-hybridized carbons (Fsp3) is 0.333. The van der Waals surface area contributed by atoms with Crippen LogP contribution in [-0.4, -0.2) is 17.4 Å². The molecule has 0 radical (unpaired) electrons. The number of hydrogen-bond acceptors (Lipinski definition) is 3. The normalized spacial score (nSPS) is 25.7. The van der Waals surface area contributed by atoms with Crippen LogP contribution in [0.2, 0.25) is 5.02 Å². The summed E-state index contributed by atoms with van der Waals surface area (Å²) in [4.78, 5) is 15.9. The van der Waals surface area contributed by atoms with Crippen molar-refractivity contribution in [2.24, 2.45) is 5.92 Å². The number of aromatic nitrogens is 1. The number of carbonyl (C=O) groups is 1. The van der Waals surface area contributed by atoms with Crippen LogP contribution in [0.3, 0.4) is 0 Å². The predicted octanol–water partition coefficient (Wildman–Crippen LogP) is 3.19. The third-order valence-electron chi connectivity index (χ3n) is 5.10. The van der Waals surface area contributed by atoms with Gasteiger partial charge in [0.05, 0.1) is 5.52 Å². The Bertz CT molecular complexity index is 846. The molecular weight excluding hydrogens is 310 g/mol. The number of anilines is 1. The van der Waals surface area contributed by atoms with Crippen LogP contribution >= 0.6 is 11.6 Å². The van der Waals surface area contributed by atoms with Gasteiger partial charge in [-0.1, -0.05) is 23.3 Å². The molecular formula is C18H18ClN3O. The zero-order valence-electron chi connectivity index (χ0n) is 12.8. The molecule has 0 saturated carbocycles. The average molecular weight is 328 g/mol. The van der Waals surface area contributed by atoms with Crippen LogP contribution in [0.15, 0.2) is 29.8 Å². The minimum atomic E-state index is 0.0950. The number of nitrogens with one attached hydrogen (secondary N) is 1. The number of carbonyl (C=O) groups excluding carboxylic acids is 1. The fourth-order valence-electron chi connectivity index (χ4n) is 4.22. The van der Waals surface area contributed by atoms with Crippen molar-refractivity contribution >= 4 is 34.6 Å².